The summed E-state index contributed by atoms with van der Waals surface area (Å²) in [4.78, 5) is 0. The lowest BCUT2D eigenvalue weighted by molar-refractivity contribution is 0.474. The van der Waals surface area contributed by atoms with Gasteiger partial charge >= 0.3 is 0 Å². The first-order valence-corrected chi connectivity index (χ1v) is 8.00. The lowest BCUT2D eigenvalue weighted by atomic mass is 10.0. The number of rotatable bonds is 3. The Morgan fingerprint density at radius 3 is 2.33 bits per heavy atom. The van der Waals surface area contributed by atoms with Crippen molar-refractivity contribution >= 4 is 33.2 Å². The average Bonchev–Trinajstić information content (AvgIpc) is 2.38. The third-order valence-corrected chi connectivity index (χ3v) is 4.40. The molecule has 112 valence electrons. The van der Waals surface area contributed by atoms with E-state index in [-0.39, 0.29) is 0 Å². The van der Waals surface area contributed by atoms with E-state index in [1.54, 1.807) is 0 Å². The van der Waals surface area contributed by atoms with Crippen molar-refractivity contribution < 1.29 is 4.74 Å². The fraction of sp³-hybridized carbons (Fsp3) is 0.294. The molecule has 0 atom stereocenters. The third kappa shape index (κ3) is 3.53. The van der Waals surface area contributed by atoms with Crippen LogP contribution in [0, 0.1) is 13.8 Å². The monoisotopic (exact) mass is 367 g/mol. The molecule has 2 nitrogen and oxygen atoms in total. The van der Waals surface area contributed by atoms with E-state index >= 15 is 0 Å². The molecule has 0 heterocycles. The highest BCUT2D eigenvalue weighted by Gasteiger charge is 2.12. The molecule has 0 fully saturated rings. The predicted octanol–water partition coefficient (Wildman–Crippen LogP) is 6.22. The Hall–Kier alpha value is -1.19. The zero-order valence-corrected chi connectivity index (χ0v) is 15.0. The van der Waals surface area contributed by atoms with Crippen LogP contribution in [0.3, 0.4) is 0 Å². The van der Waals surface area contributed by atoms with Crippen LogP contribution in [-0.4, -0.2) is 0 Å². The fourth-order valence-electron chi connectivity index (χ4n) is 2.09. The second-order valence-electron chi connectivity index (χ2n) is 5.54. The van der Waals surface area contributed by atoms with Gasteiger partial charge in [-0.2, -0.15) is 0 Å². The van der Waals surface area contributed by atoms with Gasteiger partial charge in [-0.25, -0.2) is 0 Å². The van der Waals surface area contributed by atoms with Crippen LogP contribution in [-0.2, 0) is 0 Å². The van der Waals surface area contributed by atoms with Crippen molar-refractivity contribution in [2.24, 2.45) is 0 Å². The summed E-state index contributed by atoms with van der Waals surface area (Å²) in [6, 6.07) is 7.76. The molecule has 0 aromatic heterocycles. The highest BCUT2D eigenvalue weighted by molar-refractivity contribution is 9.10. The highest BCUT2D eigenvalue weighted by atomic mass is 79.9. The van der Waals surface area contributed by atoms with Crippen LogP contribution < -0.4 is 10.5 Å². The number of ether oxygens (including phenoxy) is 1. The van der Waals surface area contributed by atoms with E-state index in [1.807, 2.05) is 38.1 Å². The second-order valence-corrected chi connectivity index (χ2v) is 6.80. The summed E-state index contributed by atoms with van der Waals surface area (Å²) in [6.45, 7) is 8.18. The lowest BCUT2D eigenvalue weighted by Gasteiger charge is -2.16. The first kappa shape index (κ1) is 16.2. The molecule has 0 aliphatic carbocycles. The average molecular weight is 369 g/mol. The Morgan fingerprint density at radius 1 is 1.05 bits per heavy atom. The molecule has 2 aromatic carbocycles. The Kier molecular flexibility index (Phi) is 4.84. The number of anilines is 1. The van der Waals surface area contributed by atoms with Crippen molar-refractivity contribution in [1.82, 2.24) is 0 Å². The van der Waals surface area contributed by atoms with Crippen LogP contribution in [0.25, 0.3) is 0 Å². The Balaban J connectivity index is 2.44. The Labute approximate surface area is 139 Å². The molecule has 2 aromatic rings. The number of aryl methyl sites for hydroxylation is 2. The van der Waals surface area contributed by atoms with Gasteiger partial charge in [-0.15, -0.1) is 0 Å². The van der Waals surface area contributed by atoms with Gasteiger partial charge in [0.25, 0.3) is 0 Å². The second kappa shape index (κ2) is 6.29. The van der Waals surface area contributed by atoms with Crippen LogP contribution >= 0.6 is 27.5 Å². The molecule has 2 rings (SSSR count). The van der Waals surface area contributed by atoms with Crippen LogP contribution in [0.1, 0.15) is 36.5 Å². The van der Waals surface area contributed by atoms with Crippen molar-refractivity contribution in [2.75, 3.05) is 5.73 Å². The van der Waals surface area contributed by atoms with E-state index in [1.165, 1.54) is 0 Å². The summed E-state index contributed by atoms with van der Waals surface area (Å²) in [5.41, 5.74) is 9.71. The Bertz CT molecular complexity index is 683. The smallest absolute Gasteiger partial charge is 0.142 e. The number of halogens is 2. The molecule has 0 bridgehead atoms. The molecular weight excluding hydrogens is 350 g/mol. The van der Waals surface area contributed by atoms with Gasteiger partial charge in [0.15, 0.2) is 0 Å². The van der Waals surface area contributed by atoms with Gasteiger partial charge in [-0.3, -0.25) is 0 Å². The van der Waals surface area contributed by atoms with Crippen molar-refractivity contribution in [1.29, 1.82) is 0 Å². The normalized spacial score (nSPS) is 11.0. The SMILES string of the molecule is Cc1cc(Oc2cc(C(C)C)c(Cl)cc2C)c(Br)cc1N. The first-order valence-electron chi connectivity index (χ1n) is 6.83. The lowest BCUT2D eigenvalue weighted by Crippen LogP contribution is -1.96. The van der Waals surface area contributed by atoms with Gasteiger partial charge in [0.2, 0.25) is 0 Å². The van der Waals surface area contributed by atoms with E-state index in [4.69, 9.17) is 22.1 Å². The summed E-state index contributed by atoms with van der Waals surface area (Å²) < 4.78 is 6.90. The maximum Gasteiger partial charge on any atom is 0.142 e. The van der Waals surface area contributed by atoms with Crippen molar-refractivity contribution in [3.8, 4) is 11.5 Å². The minimum Gasteiger partial charge on any atom is -0.456 e. The molecule has 21 heavy (non-hydrogen) atoms. The van der Waals surface area contributed by atoms with E-state index in [0.717, 1.165) is 43.4 Å². The summed E-state index contributed by atoms with van der Waals surface area (Å²) >= 11 is 9.79. The maximum atomic E-state index is 6.30. The molecule has 0 saturated heterocycles. The number of hydrogen-bond donors (Lipinski definition) is 1. The molecule has 0 amide bonds. The quantitative estimate of drug-likeness (QED) is 0.653. The summed E-state index contributed by atoms with van der Waals surface area (Å²) in [5.74, 6) is 1.91. The molecule has 0 spiro atoms. The Morgan fingerprint density at radius 2 is 1.71 bits per heavy atom. The number of hydrogen-bond acceptors (Lipinski definition) is 2. The standard InChI is InChI=1S/C17H19BrClNO/c1-9(2)12-7-16(11(4)5-14(12)19)21-17-6-10(3)15(20)8-13(17)18/h5-9H,20H2,1-4H3. The van der Waals surface area contributed by atoms with Gasteiger partial charge in [0.1, 0.15) is 11.5 Å². The van der Waals surface area contributed by atoms with Gasteiger partial charge in [-0.05, 0) is 76.7 Å². The molecule has 0 radical (unpaired) electrons. The molecule has 0 unspecified atom stereocenters. The van der Waals surface area contributed by atoms with Gasteiger partial charge in [-0.1, -0.05) is 25.4 Å². The molecule has 0 aliphatic heterocycles. The summed E-state index contributed by atoms with van der Waals surface area (Å²) in [5, 5.41) is 0.780. The third-order valence-electron chi connectivity index (χ3n) is 3.46. The molecule has 2 N–H and O–H groups in total. The highest BCUT2D eigenvalue weighted by Crippen LogP contribution is 2.37. The molecule has 0 saturated carbocycles. The van der Waals surface area contributed by atoms with E-state index < -0.39 is 0 Å². The fourth-order valence-corrected chi connectivity index (χ4v) is 2.97. The zero-order valence-electron chi connectivity index (χ0n) is 12.6. The number of nitrogens with two attached hydrogens (primary N) is 1. The minimum atomic E-state index is 0.344. The number of nitrogen functional groups attached to an aromatic ring is 1. The van der Waals surface area contributed by atoms with Gasteiger partial charge in [0, 0.05) is 10.7 Å². The topological polar surface area (TPSA) is 35.2 Å². The zero-order chi connectivity index (χ0) is 15.7. The van der Waals surface area contributed by atoms with Crippen LogP contribution in [0.2, 0.25) is 5.02 Å². The summed E-state index contributed by atoms with van der Waals surface area (Å²) in [7, 11) is 0. The van der Waals surface area contributed by atoms with Crippen LogP contribution in [0.4, 0.5) is 5.69 Å². The van der Waals surface area contributed by atoms with Crippen molar-refractivity contribution in [2.45, 2.75) is 33.6 Å². The largest absolute Gasteiger partial charge is 0.456 e. The van der Waals surface area contributed by atoms with Gasteiger partial charge in [0.05, 0.1) is 4.47 Å². The van der Waals surface area contributed by atoms with Crippen LogP contribution in [0.5, 0.6) is 11.5 Å². The van der Waals surface area contributed by atoms with Crippen molar-refractivity contribution in [3.05, 3.63) is 50.5 Å². The molecular formula is C17H19BrClNO. The first-order chi connectivity index (χ1) is 9.79. The van der Waals surface area contributed by atoms with Crippen molar-refractivity contribution in [3.63, 3.8) is 0 Å². The van der Waals surface area contributed by atoms with E-state index in [9.17, 15) is 0 Å². The van der Waals surface area contributed by atoms with Crippen LogP contribution in [0.15, 0.2) is 28.7 Å². The predicted molar refractivity (Wildman–Crippen MR) is 93.6 cm³/mol. The van der Waals surface area contributed by atoms with E-state index in [0.29, 0.717) is 5.92 Å². The molecule has 0 aliphatic rings. The summed E-state index contributed by atoms with van der Waals surface area (Å²) in [6.07, 6.45) is 0. The molecule has 4 heteroatoms. The number of benzene rings is 2. The van der Waals surface area contributed by atoms with Gasteiger partial charge < -0.3 is 10.5 Å². The minimum absolute atomic E-state index is 0.344. The maximum absolute atomic E-state index is 6.30. The van der Waals surface area contributed by atoms with E-state index in [2.05, 4.69) is 29.8 Å².